The number of aromatic nitrogens is 2. The minimum atomic E-state index is -0.141. The van der Waals surface area contributed by atoms with E-state index < -0.39 is 0 Å². The first-order chi connectivity index (χ1) is 15.5. The van der Waals surface area contributed by atoms with Gasteiger partial charge >= 0.3 is 0 Å². The molecule has 0 spiro atoms. The monoisotopic (exact) mass is 428 g/mol. The Morgan fingerprint density at radius 3 is 2.16 bits per heavy atom. The van der Waals surface area contributed by atoms with E-state index >= 15 is 0 Å². The minimum Gasteiger partial charge on any atom is -0.338 e. The lowest BCUT2D eigenvalue weighted by Crippen LogP contribution is -2.51. The van der Waals surface area contributed by atoms with Crippen molar-refractivity contribution in [3.05, 3.63) is 42.5 Å². The van der Waals surface area contributed by atoms with E-state index in [0.29, 0.717) is 0 Å². The highest BCUT2D eigenvalue weighted by atomic mass is 16.2. The molecular weight excluding hydrogens is 400 g/mol. The number of amides is 2. The van der Waals surface area contributed by atoms with Crippen LogP contribution in [0.2, 0.25) is 0 Å². The highest BCUT2D eigenvalue weighted by Crippen LogP contribution is 2.60. The third kappa shape index (κ3) is 3.38. The summed E-state index contributed by atoms with van der Waals surface area (Å²) >= 11 is 0. The van der Waals surface area contributed by atoms with Gasteiger partial charge < -0.3 is 15.6 Å². The zero-order valence-corrected chi connectivity index (χ0v) is 18.3. The average molecular weight is 429 g/mol. The lowest BCUT2D eigenvalue weighted by Gasteiger charge is -2.55. The van der Waals surface area contributed by atoms with Crippen LogP contribution in [0.5, 0.6) is 0 Å². The number of fused-ring (bicyclic) bond motifs is 1. The van der Waals surface area contributed by atoms with Crippen LogP contribution in [0.1, 0.15) is 45.4 Å². The standard InChI is InChI=1S/C26H28N4O2/c1-15(31)27-21-6-7-22-23(11-21)30-24(29-22)19-2-4-20(5-3-19)28-25(32)26-12-16-8-17(13-26)10-18(9-16)14-26/h2-7,11,16-18H,8-10,12-14H2,1H3,(H,27,31)(H,28,32)(H,29,30). The molecule has 4 saturated carbocycles. The normalized spacial score (nSPS) is 28.1. The van der Waals surface area contributed by atoms with Crippen LogP contribution < -0.4 is 10.6 Å². The van der Waals surface area contributed by atoms with Crippen molar-refractivity contribution in [1.29, 1.82) is 0 Å². The Balaban J connectivity index is 1.19. The molecular formula is C26H28N4O2. The minimum absolute atomic E-state index is 0.102. The van der Waals surface area contributed by atoms with E-state index in [1.165, 1.54) is 26.2 Å². The molecule has 4 bridgehead atoms. The molecule has 4 fully saturated rings. The van der Waals surface area contributed by atoms with Crippen LogP contribution >= 0.6 is 0 Å². The number of H-pyrrole nitrogens is 1. The van der Waals surface area contributed by atoms with Crippen molar-refractivity contribution in [1.82, 2.24) is 9.97 Å². The number of carbonyl (C=O) groups is 2. The summed E-state index contributed by atoms with van der Waals surface area (Å²) in [6, 6.07) is 13.5. The maximum atomic E-state index is 13.3. The van der Waals surface area contributed by atoms with Crippen molar-refractivity contribution in [3.63, 3.8) is 0 Å². The van der Waals surface area contributed by atoms with Gasteiger partial charge in [0, 0.05) is 23.9 Å². The largest absolute Gasteiger partial charge is 0.338 e. The molecule has 2 amide bonds. The molecule has 3 N–H and O–H groups in total. The van der Waals surface area contributed by atoms with Gasteiger partial charge in [-0.2, -0.15) is 0 Å². The molecule has 4 aliphatic carbocycles. The van der Waals surface area contributed by atoms with E-state index in [0.717, 1.165) is 70.8 Å². The van der Waals surface area contributed by atoms with Gasteiger partial charge in [0.05, 0.1) is 16.4 Å². The number of nitrogens with one attached hydrogen (secondary N) is 3. The SMILES string of the molecule is CC(=O)Nc1ccc2nc(-c3ccc(NC(=O)C45CC6CC(CC(C6)C4)C5)cc3)[nH]c2c1. The third-order valence-electron chi connectivity index (χ3n) is 7.74. The van der Waals surface area contributed by atoms with Gasteiger partial charge in [0.25, 0.3) is 0 Å². The average Bonchev–Trinajstić information content (AvgIpc) is 3.16. The molecule has 4 aliphatic rings. The van der Waals surface area contributed by atoms with Crippen molar-refractivity contribution in [3.8, 4) is 11.4 Å². The fourth-order valence-corrected chi connectivity index (χ4v) is 6.79. The second-order valence-corrected chi connectivity index (χ2v) is 10.2. The summed E-state index contributed by atoms with van der Waals surface area (Å²) < 4.78 is 0. The summed E-state index contributed by atoms with van der Waals surface area (Å²) in [7, 11) is 0. The van der Waals surface area contributed by atoms with E-state index in [1.807, 2.05) is 42.5 Å². The number of aromatic amines is 1. The summed E-state index contributed by atoms with van der Waals surface area (Å²) in [6.45, 7) is 1.49. The zero-order chi connectivity index (χ0) is 21.9. The van der Waals surface area contributed by atoms with Crippen molar-refractivity contribution < 1.29 is 9.59 Å². The number of imidazole rings is 1. The van der Waals surface area contributed by atoms with E-state index in [-0.39, 0.29) is 17.2 Å². The lowest BCUT2D eigenvalue weighted by molar-refractivity contribution is -0.140. The molecule has 1 heterocycles. The van der Waals surface area contributed by atoms with Gasteiger partial charge in [-0.05, 0) is 98.7 Å². The Morgan fingerprint density at radius 1 is 0.906 bits per heavy atom. The first kappa shape index (κ1) is 19.5. The van der Waals surface area contributed by atoms with Crippen LogP contribution in [0, 0.1) is 23.2 Å². The van der Waals surface area contributed by atoms with E-state index in [9.17, 15) is 9.59 Å². The summed E-state index contributed by atoms with van der Waals surface area (Å²) in [5.41, 5.74) is 4.10. The van der Waals surface area contributed by atoms with Crippen molar-refractivity contribution in [2.45, 2.75) is 45.4 Å². The van der Waals surface area contributed by atoms with Crippen molar-refractivity contribution in [2.75, 3.05) is 10.6 Å². The number of nitrogens with zero attached hydrogens (tertiary/aromatic N) is 1. The number of benzene rings is 2. The maximum Gasteiger partial charge on any atom is 0.230 e. The second kappa shape index (κ2) is 7.19. The molecule has 32 heavy (non-hydrogen) atoms. The van der Waals surface area contributed by atoms with Gasteiger partial charge in [-0.25, -0.2) is 4.98 Å². The van der Waals surface area contributed by atoms with Crippen molar-refractivity contribution in [2.24, 2.45) is 23.2 Å². The van der Waals surface area contributed by atoms with Gasteiger partial charge in [-0.3, -0.25) is 9.59 Å². The Kier molecular flexibility index (Phi) is 4.39. The zero-order valence-electron chi connectivity index (χ0n) is 18.3. The summed E-state index contributed by atoms with van der Waals surface area (Å²) in [5.74, 6) is 3.16. The molecule has 2 aromatic carbocycles. The number of carbonyl (C=O) groups excluding carboxylic acids is 2. The Labute approximate surface area is 187 Å². The van der Waals surface area contributed by atoms with Crippen molar-refractivity contribution >= 4 is 34.2 Å². The molecule has 0 atom stereocenters. The Hall–Kier alpha value is -3.15. The molecule has 6 heteroatoms. The molecule has 164 valence electrons. The van der Waals surface area contributed by atoms with Gasteiger partial charge in [-0.1, -0.05) is 0 Å². The summed E-state index contributed by atoms with van der Waals surface area (Å²) in [5, 5.41) is 6.01. The van der Waals surface area contributed by atoms with Crippen LogP contribution in [0.15, 0.2) is 42.5 Å². The highest BCUT2D eigenvalue weighted by Gasteiger charge is 2.54. The number of rotatable bonds is 4. The molecule has 0 unspecified atom stereocenters. The molecule has 0 saturated heterocycles. The first-order valence-electron chi connectivity index (χ1n) is 11.6. The third-order valence-corrected chi connectivity index (χ3v) is 7.74. The number of hydrogen-bond donors (Lipinski definition) is 3. The molecule has 6 nitrogen and oxygen atoms in total. The van der Waals surface area contributed by atoms with Crippen LogP contribution in [0.3, 0.4) is 0 Å². The Morgan fingerprint density at radius 2 is 1.53 bits per heavy atom. The Bertz CT molecular complexity index is 1180. The van der Waals surface area contributed by atoms with Crippen LogP contribution in [-0.2, 0) is 9.59 Å². The van der Waals surface area contributed by atoms with Crippen LogP contribution in [-0.4, -0.2) is 21.8 Å². The molecule has 0 radical (unpaired) electrons. The van der Waals surface area contributed by atoms with Gasteiger partial charge in [0.15, 0.2) is 0 Å². The predicted molar refractivity (Wildman–Crippen MR) is 125 cm³/mol. The van der Waals surface area contributed by atoms with Gasteiger partial charge in [0.2, 0.25) is 11.8 Å². The quantitative estimate of drug-likeness (QED) is 0.524. The number of hydrogen-bond acceptors (Lipinski definition) is 3. The predicted octanol–water partition coefficient (Wildman–Crippen LogP) is 5.34. The smallest absolute Gasteiger partial charge is 0.230 e. The maximum absolute atomic E-state index is 13.3. The van der Waals surface area contributed by atoms with Gasteiger partial charge in [-0.15, -0.1) is 0 Å². The van der Waals surface area contributed by atoms with E-state index in [2.05, 4.69) is 20.6 Å². The molecule has 7 rings (SSSR count). The van der Waals surface area contributed by atoms with Crippen LogP contribution in [0.4, 0.5) is 11.4 Å². The van der Waals surface area contributed by atoms with E-state index in [4.69, 9.17) is 0 Å². The fourth-order valence-electron chi connectivity index (χ4n) is 6.79. The summed E-state index contributed by atoms with van der Waals surface area (Å²) in [6.07, 6.45) is 7.23. The topological polar surface area (TPSA) is 86.9 Å². The second-order valence-electron chi connectivity index (χ2n) is 10.2. The van der Waals surface area contributed by atoms with Gasteiger partial charge in [0.1, 0.15) is 5.82 Å². The highest BCUT2D eigenvalue weighted by molar-refractivity contribution is 5.96. The van der Waals surface area contributed by atoms with E-state index in [1.54, 1.807) is 0 Å². The summed E-state index contributed by atoms with van der Waals surface area (Å²) in [4.78, 5) is 32.6. The fraction of sp³-hybridized carbons (Fsp3) is 0.423. The molecule has 3 aromatic rings. The first-order valence-corrected chi connectivity index (χ1v) is 11.6. The molecule has 1 aromatic heterocycles. The number of anilines is 2. The lowest BCUT2D eigenvalue weighted by atomic mass is 9.49. The van der Waals surface area contributed by atoms with Crippen LogP contribution in [0.25, 0.3) is 22.4 Å². The molecule has 0 aliphatic heterocycles.